The Bertz CT molecular complexity index is 933. The van der Waals surface area contributed by atoms with Gasteiger partial charge in [0.2, 0.25) is 0 Å². The van der Waals surface area contributed by atoms with Crippen LogP contribution in [-0.2, 0) is 22.6 Å². The van der Waals surface area contributed by atoms with Crippen LogP contribution >= 0.6 is 11.6 Å². The summed E-state index contributed by atoms with van der Waals surface area (Å²) in [6.45, 7) is 10.4. The molecule has 2 aliphatic heterocycles. The highest BCUT2D eigenvalue weighted by Gasteiger charge is 2.27. The van der Waals surface area contributed by atoms with E-state index in [-0.39, 0.29) is 18.6 Å². The minimum Gasteiger partial charge on any atom is -0.488 e. The minimum absolute atomic E-state index is 0.202. The highest BCUT2D eigenvalue weighted by Crippen LogP contribution is 2.29. The lowest BCUT2D eigenvalue weighted by atomic mass is 10.1. The highest BCUT2D eigenvalue weighted by atomic mass is 35.5. The lowest BCUT2D eigenvalue weighted by Crippen LogP contribution is -2.53. The number of carbonyl (C=O) groups is 2. The third kappa shape index (κ3) is 8.55. The molecule has 0 bridgehead atoms. The molecule has 4 rings (SSSR count). The molecule has 1 amide bonds. The van der Waals surface area contributed by atoms with E-state index in [4.69, 9.17) is 31.0 Å². The molecular weight excluding hydrogens is 446 g/mol. The zero-order valence-corrected chi connectivity index (χ0v) is 20.3. The first-order chi connectivity index (χ1) is 15.6. The van der Waals surface area contributed by atoms with Gasteiger partial charge in [-0.05, 0) is 45.9 Å². The van der Waals surface area contributed by atoms with Crippen molar-refractivity contribution in [1.29, 1.82) is 0 Å². The maximum Gasteiger partial charge on any atom is 0.410 e. The standard InChI is InChI=1S/C13H10ClNO.C10H20N2O2.CH2O2/c14-11-4-3-9-6-12-10(2-1-5-15-12)8-16-13(9)7-11;1-8-7-11-5-6-12(8)9(13)14-10(2,3)4;2-1-3/h1-5,7H,6,8H2;8,11H,5-7H2,1-4H3;1H,(H,2,3)/t;8-;/m.0./s1. The van der Waals surface area contributed by atoms with E-state index in [2.05, 4.69) is 16.4 Å². The van der Waals surface area contributed by atoms with E-state index in [9.17, 15) is 4.79 Å². The molecule has 9 heteroatoms. The van der Waals surface area contributed by atoms with Crippen molar-refractivity contribution < 1.29 is 24.2 Å². The van der Waals surface area contributed by atoms with Gasteiger partial charge in [0.15, 0.2) is 0 Å². The average molecular weight is 478 g/mol. The Balaban J connectivity index is 0.000000211. The van der Waals surface area contributed by atoms with Crippen LogP contribution in [0.25, 0.3) is 0 Å². The normalized spacial score (nSPS) is 16.8. The molecule has 1 aromatic heterocycles. The summed E-state index contributed by atoms with van der Waals surface area (Å²) in [5.41, 5.74) is 2.97. The SMILES string of the molecule is C[C@H]1CNCCN1C(=O)OC(C)(C)C.Clc1ccc2c(c1)OCc1cccnc1C2.O=CO. The zero-order valence-electron chi connectivity index (χ0n) is 19.5. The number of fused-ring (bicyclic) bond motifs is 2. The van der Waals surface area contributed by atoms with E-state index >= 15 is 0 Å². The van der Waals surface area contributed by atoms with Gasteiger partial charge in [-0.15, -0.1) is 0 Å². The van der Waals surface area contributed by atoms with Crippen molar-refractivity contribution in [2.45, 2.75) is 52.4 Å². The molecule has 1 fully saturated rings. The number of rotatable bonds is 0. The van der Waals surface area contributed by atoms with E-state index in [1.807, 2.05) is 58.2 Å². The first-order valence-corrected chi connectivity index (χ1v) is 11.1. The van der Waals surface area contributed by atoms with Gasteiger partial charge >= 0.3 is 6.09 Å². The number of hydrogen-bond acceptors (Lipinski definition) is 6. The molecule has 2 N–H and O–H groups in total. The molecule has 3 heterocycles. The molecule has 1 atom stereocenters. The van der Waals surface area contributed by atoms with Crippen molar-refractivity contribution >= 4 is 24.2 Å². The fourth-order valence-corrected chi connectivity index (χ4v) is 3.50. The molecule has 0 unspecified atom stereocenters. The molecule has 180 valence electrons. The summed E-state index contributed by atoms with van der Waals surface area (Å²) in [6, 6.07) is 9.96. The molecule has 2 aliphatic rings. The number of aromatic nitrogens is 1. The van der Waals surface area contributed by atoms with Crippen LogP contribution in [0.5, 0.6) is 5.75 Å². The topological polar surface area (TPSA) is 101 Å². The fraction of sp³-hybridized carbons (Fsp3) is 0.458. The summed E-state index contributed by atoms with van der Waals surface area (Å²) >= 11 is 5.95. The van der Waals surface area contributed by atoms with E-state index in [0.717, 1.165) is 48.6 Å². The highest BCUT2D eigenvalue weighted by molar-refractivity contribution is 6.30. The second-order valence-corrected chi connectivity index (χ2v) is 9.10. The van der Waals surface area contributed by atoms with Crippen molar-refractivity contribution in [2.24, 2.45) is 0 Å². The summed E-state index contributed by atoms with van der Waals surface area (Å²) in [5.74, 6) is 0.866. The predicted molar refractivity (Wildman–Crippen MR) is 127 cm³/mol. The number of amides is 1. The summed E-state index contributed by atoms with van der Waals surface area (Å²) < 4.78 is 11.0. The van der Waals surface area contributed by atoms with Crippen LogP contribution in [0, 0.1) is 0 Å². The summed E-state index contributed by atoms with van der Waals surface area (Å²) in [7, 11) is 0. The Morgan fingerprint density at radius 2 is 2.06 bits per heavy atom. The van der Waals surface area contributed by atoms with Crippen molar-refractivity contribution in [3.63, 3.8) is 0 Å². The Kier molecular flexibility index (Phi) is 9.94. The molecule has 8 nitrogen and oxygen atoms in total. The van der Waals surface area contributed by atoms with Crippen LogP contribution in [0.2, 0.25) is 5.02 Å². The van der Waals surface area contributed by atoms with Crippen LogP contribution in [0.4, 0.5) is 4.79 Å². The van der Waals surface area contributed by atoms with Crippen molar-refractivity contribution in [3.05, 3.63) is 58.4 Å². The monoisotopic (exact) mass is 477 g/mol. The first-order valence-electron chi connectivity index (χ1n) is 10.8. The van der Waals surface area contributed by atoms with E-state index < -0.39 is 5.60 Å². The Morgan fingerprint density at radius 3 is 2.73 bits per heavy atom. The maximum absolute atomic E-state index is 11.7. The van der Waals surface area contributed by atoms with Crippen molar-refractivity contribution in [1.82, 2.24) is 15.2 Å². The first kappa shape index (κ1) is 26.4. The van der Waals surface area contributed by atoms with Crippen molar-refractivity contribution in [2.75, 3.05) is 19.6 Å². The predicted octanol–water partition coefficient (Wildman–Crippen LogP) is 4.13. The minimum atomic E-state index is -0.401. The molecule has 0 saturated carbocycles. The molecule has 0 radical (unpaired) electrons. The van der Waals surface area contributed by atoms with Gasteiger partial charge in [0, 0.05) is 54.4 Å². The number of benzene rings is 1. The fourth-order valence-electron chi connectivity index (χ4n) is 3.34. The third-order valence-corrected chi connectivity index (χ3v) is 5.12. The van der Waals surface area contributed by atoms with Crippen LogP contribution in [0.15, 0.2) is 36.5 Å². The van der Waals surface area contributed by atoms with Gasteiger partial charge < -0.3 is 24.8 Å². The number of carboxylic acid groups (broad SMARTS) is 1. The van der Waals surface area contributed by atoms with Gasteiger partial charge in [0.05, 0.1) is 5.69 Å². The van der Waals surface area contributed by atoms with Gasteiger partial charge in [0.1, 0.15) is 18.0 Å². The Morgan fingerprint density at radius 1 is 1.33 bits per heavy atom. The summed E-state index contributed by atoms with van der Waals surface area (Å²) in [6.07, 6.45) is 2.43. The largest absolute Gasteiger partial charge is 0.488 e. The second-order valence-electron chi connectivity index (χ2n) is 8.66. The van der Waals surface area contributed by atoms with Gasteiger partial charge in [-0.1, -0.05) is 23.7 Å². The molecule has 0 aliphatic carbocycles. The summed E-state index contributed by atoms with van der Waals surface area (Å²) in [5, 5.41) is 10.8. The quantitative estimate of drug-likeness (QED) is 0.550. The van der Waals surface area contributed by atoms with Gasteiger partial charge in [-0.3, -0.25) is 9.78 Å². The smallest absolute Gasteiger partial charge is 0.410 e. The number of nitrogens with zero attached hydrogens (tertiary/aromatic N) is 2. The number of pyridine rings is 1. The molecule has 2 aromatic rings. The Labute approximate surface area is 199 Å². The molecule has 1 aromatic carbocycles. The van der Waals surface area contributed by atoms with Crippen LogP contribution in [-0.4, -0.2) is 58.8 Å². The van der Waals surface area contributed by atoms with E-state index in [1.165, 1.54) is 0 Å². The number of carbonyl (C=O) groups excluding carboxylic acids is 1. The van der Waals surface area contributed by atoms with Crippen LogP contribution in [0.1, 0.15) is 44.5 Å². The van der Waals surface area contributed by atoms with Gasteiger partial charge in [-0.2, -0.15) is 0 Å². The third-order valence-electron chi connectivity index (χ3n) is 4.88. The number of piperazine rings is 1. The number of ether oxygens (including phenoxy) is 2. The molecule has 0 spiro atoms. The lowest BCUT2D eigenvalue weighted by Gasteiger charge is -2.35. The summed E-state index contributed by atoms with van der Waals surface area (Å²) in [4.78, 5) is 26.2. The Hall–Kier alpha value is -2.84. The second kappa shape index (κ2) is 12.4. The van der Waals surface area contributed by atoms with Crippen LogP contribution in [0.3, 0.4) is 0 Å². The van der Waals surface area contributed by atoms with E-state index in [1.54, 1.807) is 4.90 Å². The average Bonchev–Trinajstić information content (AvgIpc) is 2.93. The van der Waals surface area contributed by atoms with Crippen LogP contribution < -0.4 is 10.1 Å². The molecule has 1 saturated heterocycles. The zero-order chi connectivity index (χ0) is 24.4. The lowest BCUT2D eigenvalue weighted by molar-refractivity contribution is -0.122. The van der Waals surface area contributed by atoms with E-state index in [0.29, 0.717) is 11.6 Å². The number of hydrogen-bond donors (Lipinski definition) is 2. The van der Waals surface area contributed by atoms with Gasteiger partial charge in [0.25, 0.3) is 6.47 Å². The maximum atomic E-state index is 11.7. The number of halogens is 1. The molecule has 33 heavy (non-hydrogen) atoms. The molecular formula is C24H32ClN3O5. The number of nitrogens with one attached hydrogen (secondary N) is 1. The van der Waals surface area contributed by atoms with Crippen molar-refractivity contribution in [3.8, 4) is 5.75 Å². The van der Waals surface area contributed by atoms with Gasteiger partial charge in [-0.25, -0.2) is 4.79 Å².